The molecular weight excluding hydrogens is 526 g/mol. The number of aromatic nitrogens is 3. The Hall–Kier alpha value is -2.80. The molecule has 0 spiro atoms. The van der Waals surface area contributed by atoms with Crippen LogP contribution in [0.5, 0.6) is 0 Å². The zero-order valence-corrected chi connectivity index (χ0v) is 22.3. The monoisotopic (exact) mass is 546 g/mol. The highest BCUT2D eigenvalue weighted by molar-refractivity contribution is 8.08. The molecule has 3 aromatic heterocycles. The number of hydrogen-bond acceptors (Lipinski definition) is 8. The number of amides is 1. The van der Waals surface area contributed by atoms with E-state index < -0.39 is 0 Å². The Bertz CT molecular complexity index is 1620. The van der Waals surface area contributed by atoms with Gasteiger partial charge < -0.3 is 10.2 Å². The Kier molecular flexibility index (Phi) is 6.62. The molecule has 4 heterocycles. The third-order valence-electron chi connectivity index (χ3n) is 5.34. The zero-order chi connectivity index (χ0) is 24.7. The largest absolute Gasteiger partial charge is 0.337 e. The van der Waals surface area contributed by atoms with Crippen molar-refractivity contribution in [2.45, 2.75) is 31.8 Å². The highest BCUT2D eigenvalue weighted by Gasteiger charge is 2.25. The number of halogens is 1. The number of anilines is 2. The van der Waals surface area contributed by atoms with E-state index in [4.69, 9.17) is 0 Å². The van der Waals surface area contributed by atoms with Gasteiger partial charge in [0.05, 0.1) is 17.1 Å². The molecule has 0 fully saturated rings. The van der Waals surface area contributed by atoms with Crippen LogP contribution in [0.25, 0.3) is 11.1 Å². The maximum Gasteiger partial charge on any atom is 0.271 e. The van der Waals surface area contributed by atoms with Crippen LogP contribution in [0, 0.1) is 5.82 Å². The number of carbonyl (C=O) groups is 1. The lowest BCUT2D eigenvalue weighted by atomic mass is 10.3. The summed E-state index contributed by atoms with van der Waals surface area (Å²) in [6.07, 6.45) is 4.01. The molecule has 1 aliphatic rings. The first-order valence-electron chi connectivity index (χ1n) is 10.7. The van der Waals surface area contributed by atoms with Gasteiger partial charge in [-0.2, -0.15) is 4.57 Å². The Morgan fingerprint density at radius 3 is 2.91 bits per heavy atom. The van der Waals surface area contributed by atoms with Crippen LogP contribution in [0.2, 0.25) is 0 Å². The molecule has 12 heteroatoms. The molecule has 0 radical (unpaired) electrons. The van der Waals surface area contributed by atoms with E-state index in [0.717, 1.165) is 31.0 Å². The molecule has 0 saturated carbocycles. The molecule has 4 aromatic rings. The van der Waals surface area contributed by atoms with Gasteiger partial charge in [0.2, 0.25) is 5.91 Å². The number of fused-ring (bicyclic) bond motifs is 1. The molecule has 0 atom stereocenters. The van der Waals surface area contributed by atoms with Crippen molar-refractivity contribution in [1.82, 2.24) is 9.55 Å². The van der Waals surface area contributed by atoms with Crippen LogP contribution in [-0.4, -0.2) is 22.5 Å². The summed E-state index contributed by atoms with van der Waals surface area (Å²) in [7, 11) is 1.90. The first-order valence-corrected chi connectivity index (χ1v) is 14.1. The zero-order valence-electron chi connectivity index (χ0n) is 19.1. The quantitative estimate of drug-likeness (QED) is 0.390. The van der Waals surface area contributed by atoms with Crippen molar-refractivity contribution in [1.29, 1.82) is 0 Å². The second kappa shape index (κ2) is 9.69. The van der Waals surface area contributed by atoms with Crippen LogP contribution in [-0.2, 0) is 17.9 Å². The fourth-order valence-electron chi connectivity index (χ4n) is 3.73. The van der Waals surface area contributed by atoms with Gasteiger partial charge in [0.15, 0.2) is 17.9 Å². The van der Waals surface area contributed by atoms with Crippen LogP contribution >= 0.6 is 45.8 Å². The molecule has 1 amide bonds. The van der Waals surface area contributed by atoms with Crippen molar-refractivity contribution >= 4 is 73.6 Å². The lowest BCUT2D eigenvalue weighted by Crippen LogP contribution is -2.36. The fourth-order valence-corrected chi connectivity index (χ4v) is 7.81. The van der Waals surface area contributed by atoms with Crippen LogP contribution in [0.4, 0.5) is 15.2 Å². The Balaban J connectivity index is 1.53. The third kappa shape index (κ3) is 4.70. The summed E-state index contributed by atoms with van der Waals surface area (Å²) >= 11 is 5.84. The molecule has 35 heavy (non-hydrogen) atoms. The molecule has 1 aromatic carbocycles. The minimum atomic E-state index is -0.288. The third-order valence-corrected chi connectivity index (χ3v) is 9.47. The predicted molar refractivity (Wildman–Crippen MR) is 141 cm³/mol. The van der Waals surface area contributed by atoms with E-state index in [9.17, 15) is 14.0 Å². The SMILES string of the molecule is CCn1c(=O)/c(=C2\Sc3cc(F)ccc3N2C)s/c1=C\c1scc[n+]1Cc1csc(NC(C)=O)n1. The number of rotatable bonds is 5. The molecule has 1 N–H and O–H groups in total. The second-order valence-electron chi connectivity index (χ2n) is 7.74. The van der Waals surface area contributed by atoms with Gasteiger partial charge in [-0.25, -0.2) is 9.37 Å². The van der Waals surface area contributed by atoms with Gasteiger partial charge in [0.1, 0.15) is 25.7 Å². The molecular formula is C23H21FN5O2S4+. The maximum absolute atomic E-state index is 13.8. The summed E-state index contributed by atoms with van der Waals surface area (Å²) in [5.41, 5.74) is 1.70. The van der Waals surface area contributed by atoms with Crippen molar-refractivity contribution in [3.8, 4) is 0 Å². The van der Waals surface area contributed by atoms with Gasteiger partial charge in [-0.15, -0.1) is 22.7 Å². The topological polar surface area (TPSA) is 71.1 Å². The van der Waals surface area contributed by atoms with E-state index in [1.54, 1.807) is 22.0 Å². The van der Waals surface area contributed by atoms with Crippen LogP contribution in [0.1, 0.15) is 24.5 Å². The summed E-state index contributed by atoms with van der Waals surface area (Å²) in [5, 5.41) is 9.01. The maximum atomic E-state index is 13.8. The van der Waals surface area contributed by atoms with E-state index >= 15 is 0 Å². The molecule has 1 aliphatic heterocycles. The van der Waals surface area contributed by atoms with Crippen molar-refractivity contribution in [2.75, 3.05) is 17.3 Å². The van der Waals surface area contributed by atoms with Crippen LogP contribution < -0.4 is 29.5 Å². The first kappa shape index (κ1) is 23.9. The van der Waals surface area contributed by atoms with Crippen molar-refractivity contribution < 1.29 is 13.8 Å². The van der Waals surface area contributed by atoms with Crippen molar-refractivity contribution in [3.63, 3.8) is 0 Å². The van der Waals surface area contributed by atoms with Crippen molar-refractivity contribution in [2.24, 2.45) is 0 Å². The normalized spacial score (nSPS) is 15.1. The Morgan fingerprint density at radius 2 is 2.14 bits per heavy atom. The van der Waals surface area contributed by atoms with E-state index in [1.807, 2.05) is 41.9 Å². The number of hydrogen-bond donors (Lipinski definition) is 1. The van der Waals surface area contributed by atoms with E-state index in [2.05, 4.69) is 14.9 Å². The number of nitrogens with one attached hydrogen (secondary N) is 1. The van der Waals surface area contributed by atoms with E-state index in [1.165, 1.54) is 53.5 Å². The first-order chi connectivity index (χ1) is 16.8. The lowest BCUT2D eigenvalue weighted by molar-refractivity contribution is -0.685. The minimum Gasteiger partial charge on any atom is -0.337 e. The highest BCUT2D eigenvalue weighted by atomic mass is 32.2. The second-order valence-corrected chi connectivity index (χ2v) is 11.6. The van der Waals surface area contributed by atoms with Gasteiger partial charge in [-0.1, -0.05) is 23.1 Å². The average Bonchev–Trinajstić information content (AvgIpc) is 3.57. The summed E-state index contributed by atoms with van der Waals surface area (Å²) in [4.78, 5) is 31.9. The summed E-state index contributed by atoms with van der Waals surface area (Å²) < 4.78 is 19.1. The lowest BCUT2D eigenvalue weighted by Gasteiger charge is -2.12. The minimum absolute atomic E-state index is 0.0473. The van der Waals surface area contributed by atoms with Crippen LogP contribution in [0.15, 0.2) is 44.8 Å². The molecule has 5 rings (SSSR count). The van der Waals surface area contributed by atoms with Gasteiger partial charge in [-0.3, -0.25) is 14.2 Å². The molecule has 0 unspecified atom stereocenters. The number of thiazole rings is 3. The predicted octanol–water partition coefficient (Wildman–Crippen LogP) is 3.02. The smallest absolute Gasteiger partial charge is 0.271 e. The Morgan fingerprint density at radius 1 is 1.31 bits per heavy atom. The highest BCUT2D eigenvalue weighted by Crippen LogP contribution is 2.45. The summed E-state index contributed by atoms with van der Waals surface area (Å²) in [6, 6.07) is 4.69. The summed E-state index contributed by atoms with van der Waals surface area (Å²) in [5.74, 6) is -0.435. The number of carbonyl (C=O) groups excluding carboxylic acids is 1. The van der Waals surface area contributed by atoms with E-state index in [0.29, 0.717) is 22.8 Å². The van der Waals surface area contributed by atoms with E-state index in [-0.39, 0.29) is 17.3 Å². The number of thioether (sulfide) groups is 1. The van der Waals surface area contributed by atoms with Gasteiger partial charge in [-0.05, 0) is 25.1 Å². The van der Waals surface area contributed by atoms with Crippen molar-refractivity contribution in [3.05, 3.63) is 71.2 Å². The number of benzene rings is 1. The molecule has 0 aliphatic carbocycles. The van der Waals surface area contributed by atoms with Gasteiger partial charge >= 0.3 is 0 Å². The van der Waals surface area contributed by atoms with Gasteiger partial charge in [0, 0.05) is 30.8 Å². The Labute approximate surface area is 216 Å². The molecule has 0 saturated heterocycles. The molecule has 7 nitrogen and oxygen atoms in total. The standard InChI is InChI=1S/C23H20FN5O2S4/c1-4-29-19(10-18-28(7-8-32-18)11-15-12-33-23(26-15)25-13(2)30)35-20(21(29)31)22-27(3)16-6-5-14(24)9-17(16)34-22/h5-10,12H,4,11H2,1-3H3/p+1/b22-20+. The van der Waals surface area contributed by atoms with Gasteiger partial charge in [0.25, 0.3) is 10.6 Å². The average molecular weight is 547 g/mol. The van der Waals surface area contributed by atoms with Crippen LogP contribution in [0.3, 0.4) is 0 Å². The molecule has 0 bridgehead atoms. The fraction of sp³-hybridized carbons (Fsp3) is 0.217. The number of nitrogens with zero attached hydrogens (tertiary/aromatic N) is 4. The summed E-state index contributed by atoms with van der Waals surface area (Å²) in [6.45, 7) is 4.51. The molecule has 180 valence electrons.